The molecule has 1 heterocycles. The quantitative estimate of drug-likeness (QED) is 0.145. The van der Waals surface area contributed by atoms with Gasteiger partial charge in [-0.15, -0.1) is 0 Å². The highest BCUT2D eigenvalue weighted by Gasteiger charge is 2.73. The Morgan fingerprint density at radius 1 is 0.833 bits per heavy atom. The molecule has 0 spiro atoms. The van der Waals surface area contributed by atoms with E-state index < -0.39 is 112 Å². The Morgan fingerprint density at radius 2 is 1.48 bits per heavy atom. The zero-order valence-electron chi connectivity index (χ0n) is 29.1. The Kier molecular flexibility index (Phi) is 8.89. The van der Waals surface area contributed by atoms with Gasteiger partial charge in [-0.25, -0.2) is 0 Å². The van der Waals surface area contributed by atoms with Crippen molar-refractivity contribution in [3.05, 3.63) is 11.6 Å². The topological polar surface area (TPSA) is 218 Å². The summed E-state index contributed by atoms with van der Waals surface area (Å²) in [6, 6.07) is 0. The Balaban J connectivity index is 1.41. The van der Waals surface area contributed by atoms with Crippen molar-refractivity contribution in [1.29, 1.82) is 0 Å². The highest BCUT2D eigenvalue weighted by molar-refractivity contribution is 5.79. The Bertz CT molecular complexity index is 1300. The molecule has 5 aliphatic carbocycles. The van der Waals surface area contributed by atoms with E-state index in [0.29, 0.717) is 38.5 Å². The smallest absolute Gasteiger partial charge is 0.315 e. The molecule has 6 rings (SSSR count). The van der Waals surface area contributed by atoms with Crippen molar-refractivity contribution in [2.75, 3.05) is 13.2 Å². The maximum absolute atomic E-state index is 14.4. The highest BCUT2D eigenvalue weighted by atomic mass is 16.7. The van der Waals surface area contributed by atoms with Gasteiger partial charge in [-0.2, -0.15) is 0 Å². The average molecular weight is 683 g/mol. The van der Waals surface area contributed by atoms with E-state index >= 15 is 0 Å². The Labute approximate surface area is 282 Å². The lowest BCUT2D eigenvalue weighted by molar-refractivity contribution is -0.299. The number of carbonyl (C=O) groups is 1. The molecule has 0 aromatic heterocycles. The van der Waals surface area contributed by atoms with Crippen molar-refractivity contribution in [3.63, 3.8) is 0 Å². The highest BCUT2D eigenvalue weighted by Crippen LogP contribution is 2.75. The maximum Gasteiger partial charge on any atom is 0.315 e. The van der Waals surface area contributed by atoms with Gasteiger partial charge < -0.3 is 55.4 Å². The van der Waals surface area contributed by atoms with Gasteiger partial charge in [0.2, 0.25) is 6.29 Å². The standard InChI is InChI=1S/C36H58O12/c1-31(2)9-11-36(30(46)48-29-25(43)24(42)23(41)20(15-37)47-29)12-10-34(5)17(22(36)28(31)45)7-8-21-32(3)13-19(40)27(44)33(4,16-38)26(32)18(39)14-35(21,34)6/h7,18-29,37-45H,8-16H2,1-6H3/t18-,19-,20-,21-,22-,23-,24+,25-,26-,27+,28+,29+,32-,33-,34-,35-,36+/m1/s1. The van der Waals surface area contributed by atoms with Gasteiger partial charge in [-0.05, 0) is 72.5 Å². The fraction of sp³-hybridized carbons (Fsp3) is 0.917. The van der Waals surface area contributed by atoms with Crippen molar-refractivity contribution in [3.8, 4) is 0 Å². The van der Waals surface area contributed by atoms with E-state index in [1.807, 2.05) is 13.8 Å². The van der Waals surface area contributed by atoms with Crippen LogP contribution in [0.3, 0.4) is 0 Å². The first-order chi connectivity index (χ1) is 22.2. The molecule has 5 fully saturated rings. The summed E-state index contributed by atoms with van der Waals surface area (Å²) in [6.45, 7) is 11.0. The van der Waals surface area contributed by atoms with Crippen LogP contribution in [0.25, 0.3) is 0 Å². The fourth-order valence-corrected chi connectivity index (χ4v) is 12.3. The van der Waals surface area contributed by atoms with E-state index in [9.17, 15) is 50.8 Å². The van der Waals surface area contributed by atoms with Crippen molar-refractivity contribution < 1.29 is 60.2 Å². The first kappa shape index (κ1) is 36.6. The van der Waals surface area contributed by atoms with Crippen LogP contribution in [0, 0.1) is 50.2 Å². The number of carbonyl (C=O) groups excluding carboxylic acids is 1. The van der Waals surface area contributed by atoms with Gasteiger partial charge in [0, 0.05) is 17.3 Å². The minimum absolute atomic E-state index is 0.0533. The molecule has 48 heavy (non-hydrogen) atoms. The summed E-state index contributed by atoms with van der Waals surface area (Å²) in [5, 5.41) is 98.0. The SMILES string of the molecule is CC1(C)CC[C@]2(C(=O)O[C@@H]3O[C@H](CO)[C@@H](O)[C@H](O)[C@H]3O)CC[C@]3(C)C(=CC[C@@H]4[C@@]5(C)C[C@@H](O)[C@H](O)[C@](C)(CO)[C@@H]5[C@H](O)C[C@]43C)[C@@H]2[C@@H]1O. The summed E-state index contributed by atoms with van der Waals surface area (Å²) < 4.78 is 11.4. The zero-order valence-corrected chi connectivity index (χ0v) is 29.1. The summed E-state index contributed by atoms with van der Waals surface area (Å²) >= 11 is 0. The van der Waals surface area contributed by atoms with E-state index in [-0.39, 0.29) is 18.9 Å². The largest absolute Gasteiger partial charge is 0.432 e. The number of fused-ring (bicyclic) bond motifs is 7. The molecule has 17 atom stereocenters. The molecule has 12 heteroatoms. The van der Waals surface area contributed by atoms with Crippen LogP contribution in [0.5, 0.6) is 0 Å². The molecule has 4 saturated carbocycles. The van der Waals surface area contributed by atoms with Crippen LogP contribution < -0.4 is 0 Å². The van der Waals surface area contributed by atoms with E-state index in [0.717, 1.165) is 5.57 Å². The molecule has 1 saturated heterocycles. The predicted octanol–water partition coefficient (Wildman–Crippen LogP) is 0.377. The van der Waals surface area contributed by atoms with Crippen LogP contribution >= 0.6 is 0 Å². The van der Waals surface area contributed by atoms with Crippen LogP contribution in [0.4, 0.5) is 0 Å². The minimum atomic E-state index is -1.75. The molecule has 0 unspecified atom stereocenters. The van der Waals surface area contributed by atoms with Gasteiger partial charge in [0.25, 0.3) is 0 Å². The number of ether oxygens (including phenoxy) is 2. The van der Waals surface area contributed by atoms with Crippen LogP contribution in [0.1, 0.15) is 86.5 Å². The fourth-order valence-electron chi connectivity index (χ4n) is 12.3. The van der Waals surface area contributed by atoms with Crippen LogP contribution in [0.15, 0.2) is 11.6 Å². The van der Waals surface area contributed by atoms with Crippen LogP contribution in [-0.4, -0.2) is 120 Å². The number of esters is 1. The second-order valence-corrected chi connectivity index (χ2v) is 18.0. The number of rotatable bonds is 4. The maximum atomic E-state index is 14.4. The van der Waals surface area contributed by atoms with E-state index in [1.165, 1.54) is 0 Å². The zero-order chi connectivity index (χ0) is 35.6. The number of hydrogen-bond donors (Lipinski definition) is 9. The second kappa shape index (κ2) is 11.7. The molecule has 0 amide bonds. The number of hydrogen-bond acceptors (Lipinski definition) is 12. The molecule has 274 valence electrons. The molecular weight excluding hydrogens is 624 g/mol. The first-order valence-corrected chi connectivity index (χ1v) is 17.8. The second-order valence-electron chi connectivity index (χ2n) is 18.0. The molecule has 0 aromatic carbocycles. The van der Waals surface area contributed by atoms with Gasteiger partial charge >= 0.3 is 5.97 Å². The third-order valence-corrected chi connectivity index (χ3v) is 15.3. The van der Waals surface area contributed by atoms with E-state index in [1.54, 1.807) is 6.92 Å². The van der Waals surface area contributed by atoms with Crippen molar-refractivity contribution >= 4 is 5.97 Å². The number of aliphatic hydroxyl groups excluding tert-OH is 9. The molecule has 12 nitrogen and oxygen atoms in total. The summed E-state index contributed by atoms with van der Waals surface area (Å²) in [5.41, 5.74) is -3.71. The third kappa shape index (κ3) is 4.66. The molecule has 6 aliphatic rings. The van der Waals surface area contributed by atoms with Crippen molar-refractivity contribution in [2.45, 2.75) is 142 Å². The minimum Gasteiger partial charge on any atom is -0.432 e. The summed E-state index contributed by atoms with van der Waals surface area (Å²) in [4.78, 5) is 14.4. The van der Waals surface area contributed by atoms with Gasteiger partial charge in [0.1, 0.15) is 24.4 Å². The van der Waals surface area contributed by atoms with Gasteiger partial charge in [-0.1, -0.05) is 53.2 Å². The van der Waals surface area contributed by atoms with Gasteiger partial charge in [0.05, 0.1) is 43.0 Å². The van der Waals surface area contributed by atoms with E-state index in [2.05, 4.69) is 26.8 Å². The molecule has 1 aliphatic heterocycles. The molecule has 9 N–H and O–H groups in total. The van der Waals surface area contributed by atoms with Crippen LogP contribution in [0.2, 0.25) is 0 Å². The Hall–Kier alpha value is -1.19. The molecular formula is C36H58O12. The lowest BCUT2D eigenvalue weighted by atomic mass is 9.32. The first-order valence-electron chi connectivity index (χ1n) is 17.8. The van der Waals surface area contributed by atoms with Crippen molar-refractivity contribution in [1.82, 2.24) is 0 Å². The van der Waals surface area contributed by atoms with E-state index in [4.69, 9.17) is 9.47 Å². The lowest BCUT2D eigenvalue weighted by Gasteiger charge is -2.72. The number of aliphatic hydroxyl groups is 9. The number of allylic oxidation sites excluding steroid dienone is 1. The van der Waals surface area contributed by atoms with Gasteiger partial charge in [-0.3, -0.25) is 4.79 Å². The van der Waals surface area contributed by atoms with Gasteiger partial charge in [0.15, 0.2) is 0 Å². The molecule has 0 bridgehead atoms. The summed E-state index contributed by atoms with van der Waals surface area (Å²) in [6.07, 6.45) is -6.92. The van der Waals surface area contributed by atoms with Crippen molar-refractivity contribution in [2.24, 2.45) is 50.2 Å². The molecule has 0 radical (unpaired) electrons. The normalized spacial score (nSPS) is 56.1. The Morgan fingerprint density at radius 3 is 2.10 bits per heavy atom. The van der Waals surface area contributed by atoms with Crippen LogP contribution in [-0.2, 0) is 14.3 Å². The average Bonchev–Trinajstić information content (AvgIpc) is 3.02. The predicted molar refractivity (Wildman–Crippen MR) is 170 cm³/mol. The third-order valence-electron chi connectivity index (χ3n) is 15.3. The lowest BCUT2D eigenvalue weighted by Crippen LogP contribution is -2.72. The monoisotopic (exact) mass is 682 g/mol. The molecule has 0 aromatic rings. The summed E-state index contributed by atoms with van der Waals surface area (Å²) in [7, 11) is 0. The summed E-state index contributed by atoms with van der Waals surface area (Å²) in [5.74, 6) is -1.87.